The Labute approximate surface area is 152 Å². The van der Waals surface area contributed by atoms with E-state index in [9.17, 15) is 4.79 Å². The number of carbonyl (C=O) groups excluding carboxylic acids is 1. The highest BCUT2D eigenvalue weighted by Gasteiger charge is 2.19. The topological polar surface area (TPSA) is 69.7 Å². The Morgan fingerprint density at radius 2 is 1.64 bits per heavy atom. The minimum Gasteiger partial charge on any atom is -0.490 e. The fourth-order valence-corrected chi connectivity index (χ4v) is 3.00. The quantitative estimate of drug-likeness (QED) is 0.724. The zero-order chi connectivity index (χ0) is 18.2. The SMILES string of the molecule is CCOc1cc(C(=O)Nc2nc(CC)cs2)cc(OCC)c1OCC. The maximum atomic E-state index is 12.6. The van der Waals surface area contributed by atoms with E-state index in [4.69, 9.17) is 14.2 Å². The van der Waals surface area contributed by atoms with E-state index in [0.717, 1.165) is 12.1 Å². The van der Waals surface area contributed by atoms with E-state index in [2.05, 4.69) is 10.3 Å². The fourth-order valence-electron chi connectivity index (χ4n) is 2.22. The van der Waals surface area contributed by atoms with Gasteiger partial charge in [0.1, 0.15) is 0 Å². The van der Waals surface area contributed by atoms with E-state index in [1.807, 2.05) is 33.1 Å². The molecule has 0 saturated carbocycles. The van der Waals surface area contributed by atoms with Gasteiger partial charge in [-0.25, -0.2) is 4.98 Å². The lowest BCUT2D eigenvalue weighted by Gasteiger charge is -2.16. The van der Waals surface area contributed by atoms with E-state index in [1.54, 1.807) is 12.1 Å². The van der Waals surface area contributed by atoms with Crippen molar-refractivity contribution in [3.63, 3.8) is 0 Å². The van der Waals surface area contributed by atoms with Crippen LogP contribution in [0.3, 0.4) is 0 Å². The number of hydrogen-bond acceptors (Lipinski definition) is 6. The molecule has 0 aliphatic carbocycles. The molecule has 136 valence electrons. The van der Waals surface area contributed by atoms with Gasteiger partial charge in [0.05, 0.1) is 25.5 Å². The number of aromatic nitrogens is 1. The molecule has 0 atom stereocenters. The highest BCUT2D eigenvalue weighted by atomic mass is 32.1. The molecule has 0 spiro atoms. The van der Waals surface area contributed by atoms with Gasteiger partial charge in [0.2, 0.25) is 5.75 Å². The van der Waals surface area contributed by atoms with Gasteiger partial charge < -0.3 is 14.2 Å². The molecule has 0 fully saturated rings. The molecule has 0 bridgehead atoms. The Morgan fingerprint density at radius 3 is 2.12 bits per heavy atom. The van der Waals surface area contributed by atoms with Crippen molar-refractivity contribution in [3.05, 3.63) is 28.8 Å². The number of amides is 1. The molecule has 0 aliphatic heterocycles. The average Bonchev–Trinajstić information content (AvgIpc) is 3.05. The highest BCUT2D eigenvalue weighted by molar-refractivity contribution is 7.13. The minimum absolute atomic E-state index is 0.262. The number of hydrogen-bond donors (Lipinski definition) is 1. The minimum atomic E-state index is -0.262. The Hall–Kier alpha value is -2.28. The number of carbonyl (C=O) groups is 1. The van der Waals surface area contributed by atoms with Crippen molar-refractivity contribution in [3.8, 4) is 17.2 Å². The molecule has 7 heteroatoms. The summed E-state index contributed by atoms with van der Waals surface area (Å²) < 4.78 is 16.9. The number of anilines is 1. The predicted octanol–water partition coefficient (Wildman–Crippen LogP) is 4.15. The summed E-state index contributed by atoms with van der Waals surface area (Å²) in [6.45, 7) is 9.07. The first-order valence-electron chi connectivity index (χ1n) is 8.44. The van der Waals surface area contributed by atoms with Gasteiger partial charge in [-0.15, -0.1) is 11.3 Å². The summed E-state index contributed by atoms with van der Waals surface area (Å²) in [4.78, 5) is 17.0. The van der Waals surface area contributed by atoms with Crippen LogP contribution in [0.15, 0.2) is 17.5 Å². The molecule has 1 N–H and O–H groups in total. The van der Waals surface area contributed by atoms with E-state index in [-0.39, 0.29) is 5.91 Å². The molecule has 1 heterocycles. The van der Waals surface area contributed by atoms with Crippen LogP contribution >= 0.6 is 11.3 Å². The lowest BCUT2D eigenvalue weighted by molar-refractivity contribution is 0.102. The number of ether oxygens (including phenoxy) is 3. The van der Waals surface area contributed by atoms with Crippen molar-refractivity contribution < 1.29 is 19.0 Å². The van der Waals surface area contributed by atoms with Crippen LogP contribution in [-0.2, 0) is 6.42 Å². The Balaban J connectivity index is 2.33. The Kier molecular flexibility index (Phi) is 7.06. The number of rotatable bonds is 9. The zero-order valence-electron chi connectivity index (χ0n) is 15.0. The third kappa shape index (κ3) is 4.85. The van der Waals surface area contributed by atoms with Gasteiger partial charge in [-0.1, -0.05) is 6.92 Å². The van der Waals surface area contributed by atoms with Gasteiger partial charge in [0.15, 0.2) is 16.6 Å². The largest absolute Gasteiger partial charge is 0.490 e. The van der Waals surface area contributed by atoms with Crippen molar-refractivity contribution in [2.24, 2.45) is 0 Å². The first-order valence-corrected chi connectivity index (χ1v) is 9.32. The summed E-state index contributed by atoms with van der Waals surface area (Å²) in [6, 6.07) is 3.33. The normalized spacial score (nSPS) is 10.4. The lowest BCUT2D eigenvalue weighted by Crippen LogP contribution is -2.13. The van der Waals surface area contributed by atoms with Crippen molar-refractivity contribution >= 4 is 22.4 Å². The van der Waals surface area contributed by atoms with Crippen molar-refractivity contribution in [2.75, 3.05) is 25.1 Å². The first kappa shape index (κ1) is 19.1. The van der Waals surface area contributed by atoms with Crippen LogP contribution in [0.5, 0.6) is 17.2 Å². The molecule has 1 aromatic carbocycles. The smallest absolute Gasteiger partial charge is 0.257 e. The number of aryl methyl sites for hydroxylation is 1. The predicted molar refractivity (Wildman–Crippen MR) is 99.4 cm³/mol. The molecular weight excluding hydrogens is 340 g/mol. The van der Waals surface area contributed by atoms with Gasteiger partial charge in [-0.3, -0.25) is 10.1 Å². The van der Waals surface area contributed by atoms with Crippen LogP contribution in [0.1, 0.15) is 43.7 Å². The molecule has 0 unspecified atom stereocenters. The van der Waals surface area contributed by atoms with Gasteiger partial charge in [0.25, 0.3) is 5.91 Å². The number of thiazole rings is 1. The van der Waals surface area contributed by atoms with Crippen LogP contribution in [0.25, 0.3) is 0 Å². The van der Waals surface area contributed by atoms with Crippen LogP contribution in [-0.4, -0.2) is 30.7 Å². The molecule has 0 aliphatic rings. The van der Waals surface area contributed by atoms with Crippen molar-refractivity contribution in [2.45, 2.75) is 34.1 Å². The maximum absolute atomic E-state index is 12.6. The third-order valence-corrected chi connectivity index (χ3v) is 4.11. The van der Waals surface area contributed by atoms with Crippen LogP contribution in [0, 0.1) is 0 Å². The summed E-state index contributed by atoms with van der Waals surface area (Å²) in [5.41, 5.74) is 1.39. The number of nitrogens with one attached hydrogen (secondary N) is 1. The van der Waals surface area contributed by atoms with Crippen LogP contribution in [0.2, 0.25) is 0 Å². The first-order chi connectivity index (χ1) is 12.1. The van der Waals surface area contributed by atoms with Crippen molar-refractivity contribution in [1.29, 1.82) is 0 Å². The van der Waals surface area contributed by atoms with E-state index >= 15 is 0 Å². The van der Waals surface area contributed by atoms with Crippen LogP contribution in [0.4, 0.5) is 5.13 Å². The molecule has 0 radical (unpaired) electrons. The van der Waals surface area contributed by atoms with Gasteiger partial charge >= 0.3 is 0 Å². The second-order valence-corrected chi connectivity index (χ2v) is 5.91. The lowest BCUT2D eigenvalue weighted by atomic mass is 10.1. The summed E-state index contributed by atoms with van der Waals surface area (Å²) in [5.74, 6) is 1.25. The summed E-state index contributed by atoms with van der Waals surface area (Å²) in [5, 5.41) is 5.33. The maximum Gasteiger partial charge on any atom is 0.257 e. The third-order valence-electron chi connectivity index (χ3n) is 3.31. The van der Waals surface area contributed by atoms with Gasteiger partial charge in [0, 0.05) is 10.9 Å². The van der Waals surface area contributed by atoms with Crippen molar-refractivity contribution in [1.82, 2.24) is 4.98 Å². The summed E-state index contributed by atoms with van der Waals surface area (Å²) in [6.07, 6.45) is 0.832. The Morgan fingerprint density at radius 1 is 1.04 bits per heavy atom. The molecule has 25 heavy (non-hydrogen) atoms. The fraction of sp³-hybridized carbons (Fsp3) is 0.444. The summed E-state index contributed by atoms with van der Waals surface area (Å²) >= 11 is 1.41. The number of benzene rings is 1. The molecule has 2 rings (SSSR count). The second-order valence-electron chi connectivity index (χ2n) is 5.05. The van der Waals surface area contributed by atoms with Gasteiger partial charge in [-0.05, 0) is 39.3 Å². The zero-order valence-corrected chi connectivity index (χ0v) is 15.9. The number of nitrogens with zero attached hydrogens (tertiary/aromatic N) is 1. The molecule has 0 saturated heterocycles. The molecule has 1 aromatic heterocycles. The van der Waals surface area contributed by atoms with E-state index in [1.165, 1.54) is 11.3 Å². The molecule has 6 nitrogen and oxygen atoms in total. The molecule has 2 aromatic rings. The average molecular weight is 364 g/mol. The molecule has 1 amide bonds. The monoisotopic (exact) mass is 364 g/mol. The molecular formula is C18H24N2O4S. The standard InChI is InChI=1S/C18H24N2O4S/c1-5-13-11-25-18(19-13)20-17(21)12-9-14(22-6-2)16(24-8-4)15(10-12)23-7-3/h9-11H,5-8H2,1-4H3,(H,19,20,21). The second kappa shape index (κ2) is 9.27. The Bertz CT molecular complexity index is 688. The van der Waals surface area contributed by atoms with Crippen LogP contribution < -0.4 is 19.5 Å². The van der Waals surface area contributed by atoms with E-state index < -0.39 is 0 Å². The van der Waals surface area contributed by atoms with E-state index in [0.29, 0.717) is 47.8 Å². The van der Waals surface area contributed by atoms with Gasteiger partial charge in [-0.2, -0.15) is 0 Å². The highest BCUT2D eigenvalue weighted by Crippen LogP contribution is 2.39. The summed E-state index contributed by atoms with van der Waals surface area (Å²) in [7, 11) is 0.